The number of hydrogen-bond donors (Lipinski definition) is 1. The average Bonchev–Trinajstić information content (AvgIpc) is 3.21. The Hall–Kier alpha value is -2.70. The van der Waals surface area contributed by atoms with E-state index in [0.29, 0.717) is 0 Å². The molecule has 3 aromatic rings. The molecule has 0 saturated carbocycles. The molecule has 0 atom stereocenters. The number of hydrogen-bond acceptors (Lipinski definition) is 6. The number of pyridine rings is 1. The maximum Gasteiger partial charge on any atom is 0.169 e. The van der Waals surface area contributed by atoms with Crippen molar-refractivity contribution >= 4 is 73.8 Å². The van der Waals surface area contributed by atoms with Crippen molar-refractivity contribution in [3.63, 3.8) is 0 Å². The molecule has 6 nitrogen and oxygen atoms in total. The number of quaternary nitrogens is 1. The lowest BCUT2D eigenvalue weighted by molar-refractivity contribution is -0.890. The zero-order valence-electron chi connectivity index (χ0n) is 35.5. The molecule has 0 aliphatic heterocycles. The molecule has 0 saturated heterocycles. The number of halogens is 1. The largest absolute Gasteiger partial charge is 0.391 e. The van der Waals surface area contributed by atoms with Gasteiger partial charge in [0.2, 0.25) is 0 Å². The highest BCUT2D eigenvalue weighted by atomic mass is 127. The molecule has 1 heterocycles. The van der Waals surface area contributed by atoms with Crippen LogP contribution in [0, 0.1) is 0 Å². The van der Waals surface area contributed by atoms with Crippen molar-refractivity contribution in [3.8, 4) is 0 Å². The van der Waals surface area contributed by atoms with Gasteiger partial charge in [0, 0.05) is 81.6 Å². The molecule has 0 fully saturated rings. The van der Waals surface area contributed by atoms with Gasteiger partial charge in [-0.1, -0.05) is 92.7 Å². The zero-order valence-corrected chi connectivity index (χ0v) is 39.3. The van der Waals surface area contributed by atoms with E-state index in [-0.39, 0.29) is 0 Å². The Kier molecular flexibility index (Phi) is 23.7. The van der Waals surface area contributed by atoms with E-state index < -0.39 is 0 Å². The van der Waals surface area contributed by atoms with Crippen molar-refractivity contribution in [2.24, 2.45) is 0 Å². The lowest BCUT2D eigenvalue weighted by Crippen LogP contribution is -2.42. The maximum atomic E-state index is 3.22. The first kappa shape index (κ1) is 47.7. The minimum atomic E-state index is 0.935. The smallest absolute Gasteiger partial charge is 0.169 e. The maximum absolute atomic E-state index is 3.22. The molecule has 9 heteroatoms. The average molecular weight is 911 g/mol. The van der Waals surface area contributed by atoms with E-state index in [0.717, 1.165) is 37.2 Å². The fourth-order valence-corrected chi connectivity index (χ4v) is 8.90. The van der Waals surface area contributed by atoms with Crippen molar-refractivity contribution in [2.75, 3.05) is 102 Å². The van der Waals surface area contributed by atoms with Crippen LogP contribution in [0.3, 0.4) is 0 Å². The highest BCUT2D eigenvalue weighted by molar-refractivity contribution is 14.1. The number of aryl methyl sites for hydroxylation is 1. The minimum absolute atomic E-state index is 0.935. The molecule has 0 spiro atoms. The number of unbranched alkanes of at least 4 members (excludes halogenated alkanes) is 1. The van der Waals surface area contributed by atoms with Gasteiger partial charge >= 0.3 is 0 Å². The Morgan fingerprint density at radius 1 is 0.661 bits per heavy atom. The Morgan fingerprint density at radius 2 is 1.20 bits per heavy atom. The molecule has 0 aliphatic carbocycles. The van der Waals surface area contributed by atoms with Gasteiger partial charge in [-0.3, -0.25) is 0 Å². The summed E-state index contributed by atoms with van der Waals surface area (Å²) in [5.74, 6) is 2.50. The molecule has 0 unspecified atom stereocenters. The summed E-state index contributed by atoms with van der Waals surface area (Å²) in [7, 11) is 15.6. The van der Waals surface area contributed by atoms with Crippen molar-refractivity contribution in [1.29, 1.82) is 0 Å². The molecule has 306 valence electrons. The second-order valence-electron chi connectivity index (χ2n) is 15.3. The van der Waals surface area contributed by atoms with Crippen molar-refractivity contribution < 1.29 is 9.05 Å². The van der Waals surface area contributed by atoms with E-state index in [2.05, 4.69) is 225 Å². The van der Waals surface area contributed by atoms with E-state index in [1.807, 2.05) is 6.20 Å². The summed E-state index contributed by atoms with van der Waals surface area (Å²) in [5.41, 5.74) is 7.42. The highest BCUT2D eigenvalue weighted by Crippen LogP contribution is 2.24. The number of allylic oxidation sites excluding steroid dienone is 3. The Bertz CT molecular complexity index is 1600. The van der Waals surface area contributed by atoms with Crippen LogP contribution in [0.25, 0.3) is 18.2 Å². The topological polar surface area (TPSA) is 25.6 Å². The zero-order chi connectivity index (χ0) is 40.4. The van der Waals surface area contributed by atoms with Gasteiger partial charge in [0.05, 0.1) is 27.2 Å². The predicted molar refractivity (Wildman–Crippen MR) is 262 cm³/mol. The van der Waals surface area contributed by atoms with Crippen LogP contribution in [0.15, 0.2) is 101 Å². The summed E-state index contributed by atoms with van der Waals surface area (Å²) in [6.07, 6.45) is 23.3. The number of rotatable bonds is 28. The van der Waals surface area contributed by atoms with Crippen molar-refractivity contribution in [3.05, 3.63) is 118 Å². The first-order valence-corrected chi connectivity index (χ1v) is 24.3. The molecule has 0 bridgehead atoms. The Balaban J connectivity index is 1.18. The molecular weight excluding hydrogens is 840 g/mol. The fraction of sp³-hybridized carbons (Fsp3) is 0.468. The van der Waals surface area contributed by atoms with E-state index in [1.165, 1.54) is 96.9 Å². The van der Waals surface area contributed by atoms with Gasteiger partial charge in [-0.2, -0.15) is 0 Å². The molecule has 0 radical (unpaired) electrons. The third-order valence-corrected chi connectivity index (χ3v) is 13.3. The molecular formula is C47H71IN6S2+2. The fourth-order valence-electron chi connectivity index (χ4n) is 6.26. The number of nitrogens with zero attached hydrogens (tertiary/aromatic N) is 5. The first-order valence-electron chi connectivity index (χ1n) is 20.6. The lowest BCUT2D eigenvalue weighted by Gasteiger charge is -2.31. The summed E-state index contributed by atoms with van der Waals surface area (Å²) >= 11 is 2.29. The van der Waals surface area contributed by atoms with Crippen LogP contribution in [0.1, 0.15) is 62.6 Å². The molecule has 3 rings (SSSR count). The number of aromatic nitrogens is 1. The van der Waals surface area contributed by atoms with Gasteiger partial charge in [0.25, 0.3) is 0 Å². The summed E-state index contributed by atoms with van der Waals surface area (Å²) < 4.78 is 5.37. The third kappa shape index (κ3) is 20.1. The van der Waals surface area contributed by atoms with Crippen LogP contribution in [-0.2, 0) is 6.54 Å². The number of anilines is 2. The molecule has 2 aromatic carbocycles. The second kappa shape index (κ2) is 27.9. The van der Waals surface area contributed by atoms with Crippen molar-refractivity contribution in [2.45, 2.75) is 52.5 Å². The second-order valence-corrected chi connectivity index (χ2v) is 18.6. The van der Waals surface area contributed by atoms with Gasteiger partial charge in [0.15, 0.2) is 12.4 Å². The van der Waals surface area contributed by atoms with Gasteiger partial charge in [-0.05, 0) is 116 Å². The third-order valence-electron chi connectivity index (χ3n) is 9.99. The number of nitrogens with one attached hydrogen (secondary N) is 1. The van der Waals surface area contributed by atoms with Crippen LogP contribution in [0.2, 0.25) is 0 Å². The van der Waals surface area contributed by atoms with Crippen LogP contribution in [0.5, 0.6) is 0 Å². The molecule has 1 aromatic heterocycles. The standard InChI is InChI=1S/C47H71IN6S2/c1-8-49-30-27-45(41-48)18-17-43-21-23-46(24-22-43)51(4)33-12-32-50(3)31-10-11-39-55-56-40-14-38-54(6,7)37-13-34-52(5)47-25-19-42(20-26-47)15-16-44-28-35-53(9-2)36-29-44/h15-30,35-36,41,49H,8-14,31-34,37-40H2,1-7H3/q+2. The quantitative estimate of drug-likeness (QED) is 0.0195. The monoisotopic (exact) mass is 910 g/mol. The highest BCUT2D eigenvalue weighted by Gasteiger charge is 2.15. The van der Waals surface area contributed by atoms with E-state index in [9.17, 15) is 0 Å². The Morgan fingerprint density at radius 3 is 1.79 bits per heavy atom. The normalized spacial score (nSPS) is 12.5. The molecule has 1 N–H and O–H groups in total. The van der Waals surface area contributed by atoms with Crippen LogP contribution >= 0.6 is 44.2 Å². The molecule has 56 heavy (non-hydrogen) atoms. The van der Waals surface area contributed by atoms with Gasteiger partial charge in [0.1, 0.15) is 6.54 Å². The van der Waals surface area contributed by atoms with Gasteiger partial charge < -0.3 is 24.5 Å². The summed E-state index contributed by atoms with van der Waals surface area (Å²) in [5, 5.41) is 3.22. The van der Waals surface area contributed by atoms with E-state index in [4.69, 9.17) is 0 Å². The Labute approximate surface area is 363 Å². The van der Waals surface area contributed by atoms with E-state index in [1.54, 1.807) is 0 Å². The first-order chi connectivity index (χ1) is 27.1. The van der Waals surface area contributed by atoms with Crippen molar-refractivity contribution in [1.82, 2.24) is 10.2 Å². The lowest BCUT2D eigenvalue weighted by atomic mass is 10.1. The SMILES string of the molecule is CCNC=CC(C=Cc1ccc(N(C)CCCN(C)CCCCSSCCC[N+](C)(C)CCCN(C)c2ccc(C=Cc3cc[n+](CC)cc3)cc2)cc1)=CI. The van der Waals surface area contributed by atoms with Crippen LogP contribution in [-0.4, -0.2) is 102 Å². The molecule has 0 amide bonds. The summed E-state index contributed by atoms with van der Waals surface area (Å²) in [6, 6.07) is 22.1. The van der Waals surface area contributed by atoms with Crippen LogP contribution in [0.4, 0.5) is 11.4 Å². The van der Waals surface area contributed by atoms with Gasteiger partial charge in [-0.25, -0.2) is 4.57 Å². The predicted octanol–water partition coefficient (Wildman–Crippen LogP) is 10.5. The minimum Gasteiger partial charge on any atom is -0.391 e. The van der Waals surface area contributed by atoms with E-state index >= 15 is 0 Å². The summed E-state index contributed by atoms with van der Waals surface area (Å²) in [6.45, 7) is 13.1. The molecule has 0 aliphatic rings. The number of benzene rings is 2. The van der Waals surface area contributed by atoms with Gasteiger partial charge in [-0.15, -0.1) is 0 Å². The summed E-state index contributed by atoms with van der Waals surface area (Å²) in [4.78, 5) is 7.27. The van der Waals surface area contributed by atoms with Crippen LogP contribution < -0.4 is 19.7 Å².